The number of benzene rings is 3. The van der Waals surface area contributed by atoms with Gasteiger partial charge in [-0.25, -0.2) is 0 Å². The first-order valence-electron chi connectivity index (χ1n) is 11.5. The second kappa shape index (κ2) is 13.3. The second-order valence-corrected chi connectivity index (χ2v) is 10.1. The van der Waals surface area contributed by atoms with E-state index in [-0.39, 0.29) is 11.7 Å². The Labute approximate surface area is 216 Å². The van der Waals surface area contributed by atoms with Crippen LogP contribution >= 0.6 is 23.4 Å². The zero-order valence-corrected chi connectivity index (χ0v) is 21.8. The maximum atomic E-state index is 10.6. The zero-order valence-electron chi connectivity index (χ0n) is 20.3. The highest BCUT2D eigenvalue weighted by Gasteiger charge is 2.18. The normalized spacial score (nSPS) is 12.4. The number of hydrogen-bond donors (Lipinski definition) is 2. The lowest BCUT2D eigenvalue weighted by molar-refractivity contribution is -0.136. The molecule has 184 valence electrons. The molecule has 1 atom stereocenters. The first-order valence-corrected chi connectivity index (χ1v) is 12.7. The third kappa shape index (κ3) is 8.73. The first-order chi connectivity index (χ1) is 16.8. The largest absolute Gasteiger partial charge is 0.481 e. The summed E-state index contributed by atoms with van der Waals surface area (Å²) in [5.41, 5.74) is 6.55. The van der Waals surface area contributed by atoms with Crippen LogP contribution in [0.1, 0.15) is 46.4 Å². The topological polar surface area (TPSA) is 70.9 Å². The molecule has 0 saturated heterocycles. The number of nitrogens with one attached hydrogen (secondary N) is 1. The molecule has 0 aliphatic rings. The van der Waals surface area contributed by atoms with Crippen LogP contribution in [0.2, 0.25) is 5.02 Å². The van der Waals surface area contributed by atoms with Crippen molar-refractivity contribution in [2.45, 2.75) is 50.5 Å². The molecular weight excluding hydrogens is 480 g/mol. The number of thioether (sulfide) groups is 1. The van der Waals surface area contributed by atoms with Gasteiger partial charge in [0.25, 0.3) is 0 Å². The van der Waals surface area contributed by atoms with E-state index < -0.39 is 5.97 Å². The van der Waals surface area contributed by atoms with Crippen molar-refractivity contribution >= 4 is 35.0 Å². The summed E-state index contributed by atoms with van der Waals surface area (Å²) in [6.07, 6.45) is 0.112. The molecule has 0 aliphatic carbocycles. The Bertz CT molecular complexity index is 1170. The number of halogens is 1. The molecule has 3 aromatic carbocycles. The zero-order chi connectivity index (χ0) is 25.2. The lowest BCUT2D eigenvalue weighted by Gasteiger charge is -2.18. The minimum absolute atomic E-state index is 0.0324. The Morgan fingerprint density at radius 1 is 1.06 bits per heavy atom. The lowest BCUT2D eigenvalue weighted by Crippen LogP contribution is -2.17. The Balaban J connectivity index is 1.64. The van der Waals surface area contributed by atoms with Crippen molar-refractivity contribution in [3.63, 3.8) is 0 Å². The highest BCUT2D eigenvalue weighted by atomic mass is 35.5. The average Bonchev–Trinajstić information content (AvgIpc) is 2.83. The number of carboxylic acid groups (broad SMARTS) is 1. The molecule has 0 bridgehead atoms. The minimum atomic E-state index is -0.800. The van der Waals surface area contributed by atoms with Gasteiger partial charge in [-0.15, -0.1) is 11.8 Å². The van der Waals surface area contributed by atoms with E-state index in [1.165, 1.54) is 16.0 Å². The number of aliphatic carboxylic acids is 1. The molecule has 0 saturated carbocycles. The summed E-state index contributed by atoms with van der Waals surface area (Å²) in [5.74, 6) is -0.800. The van der Waals surface area contributed by atoms with E-state index in [9.17, 15) is 4.79 Å². The number of rotatable bonds is 12. The van der Waals surface area contributed by atoms with Gasteiger partial charge >= 0.3 is 5.97 Å². The second-order valence-electron chi connectivity index (χ2n) is 8.44. The molecule has 35 heavy (non-hydrogen) atoms. The van der Waals surface area contributed by atoms with E-state index in [1.807, 2.05) is 49.4 Å². The van der Waals surface area contributed by atoms with Crippen LogP contribution < -0.4 is 5.32 Å². The summed E-state index contributed by atoms with van der Waals surface area (Å²) in [6.45, 7) is 7.65. The quantitative estimate of drug-likeness (QED) is 0.119. The third-order valence-electron chi connectivity index (χ3n) is 5.57. The molecule has 0 spiro atoms. The summed E-state index contributed by atoms with van der Waals surface area (Å²) < 4.78 is 0. The van der Waals surface area contributed by atoms with Gasteiger partial charge in [-0.3, -0.25) is 4.79 Å². The molecule has 0 amide bonds. The van der Waals surface area contributed by atoms with Crippen molar-refractivity contribution in [3.05, 3.63) is 99.6 Å². The maximum absolute atomic E-state index is 10.6. The van der Waals surface area contributed by atoms with Crippen LogP contribution in [-0.4, -0.2) is 23.3 Å². The molecule has 1 unspecified atom stereocenters. The highest BCUT2D eigenvalue weighted by molar-refractivity contribution is 8.00. The monoisotopic (exact) mass is 510 g/mol. The van der Waals surface area contributed by atoms with E-state index in [1.54, 1.807) is 11.8 Å². The highest BCUT2D eigenvalue weighted by Crippen LogP contribution is 2.38. The lowest BCUT2D eigenvalue weighted by atomic mass is 10.1. The third-order valence-corrected chi connectivity index (χ3v) is 7.18. The van der Waals surface area contributed by atoms with Crippen molar-refractivity contribution in [3.8, 4) is 0 Å². The van der Waals surface area contributed by atoms with Crippen molar-refractivity contribution in [2.75, 3.05) is 6.54 Å². The Morgan fingerprint density at radius 2 is 1.80 bits per heavy atom. The van der Waals surface area contributed by atoms with Gasteiger partial charge in [0.2, 0.25) is 0 Å². The fraction of sp³-hybridized carbons (Fsp3) is 0.286. The predicted octanol–water partition coefficient (Wildman–Crippen LogP) is 6.95. The predicted molar refractivity (Wildman–Crippen MR) is 144 cm³/mol. The number of aryl methyl sites for hydroxylation is 2. The van der Waals surface area contributed by atoms with E-state index in [0.717, 1.165) is 22.4 Å². The Hall–Kier alpha value is -2.80. The van der Waals surface area contributed by atoms with Gasteiger partial charge in [-0.05, 0) is 72.9 Å². The molecule has 3 rings (SSSR count). The molecule has 0 aromatic heterocycles. The van der Waals surface area contributed by atoms with Gasteiger partial charge in [0, 0.05) is 23.0 Å². The summed E-state index contributed by atoms with van der Waals surface area (Å²) in [6, 6.07) is 22.3. The van der Waals surface area contributed by atoms with Crippen LogP contribution in [-0.2, 0) is 22.8 Å². The average molecular weight is 511 g/mol. The van der Waals surface area contributed by atoms with Gasteiger partial charge in [-0.1, -0.05) is 59.2 Å². The summed E-state index contributed by atoms with van der Waals surface area (Å²) in [4.78, 5) is 17.5. The molecule has 0 radical (unpaired) electrons. The van der Waals surface area contributed by atoms with Crippen molar-refractivity contribution in [1.82, 2.24) is 5.32 Å². The molecule has 0 fully saturated rings. The number of hydrogen-bond acceptors (Lipinski definition) is 5. The van der Waals surface area contributed by atoms with Crippen molar-refractivity contribution in [1.29, 1.82) is 0 Å². The number of carbonyl (C=O) groups is 1. The van der Waals surface area contributed by atoms with E-state index in [2.05, 4.69) is 48.6 Å². The van der Waals surface area contributed by atoms with Gasteiger partial charge in [-0.2, -0.15) is 0 Å². The van der Waals surface area contributed by atoms with Gasteiger partial charge in [0.05, 0.1) is 17.4 Å². The fourth-order valence-corrected chi connectivity index (χ4v) is 4.78. The molecule has 0 heterocycles. The first kappa shape index (κ1) is 26.8. The molecule has 0 aliphatic heterocycles. The fourth-order valence-electron chi connectivity index (χ4n) is 3.43. The molecule has 3 aromatic rings. The molecular formula is C28H31ClN2O3S. The van der Waals surface area contributed by atoms with E-state index in [0.29, 0.717) is 24.7 Å². The number of carboxylic acids is 1. The van der Waals surface area contributed by atoms with Crippen LogP contribution in [0, 0.1) is 13.8 Å². The van der Waals surface area contributed by atoms with Gasteiger partial charge < -0.3 is 15.3 Å². The van der Waals surface area contributed by atoms with Crippen LogP contribution in [0.5, 0.6) is 0 Å². The standard InChI is InChI=1S/C28H31ClN2O3S/c1-19-7-12-26(15-20(19)2)35-28(24-5-4-6-25(29)16-24)21(3)31-34-18-23-10-8-22(9-11-23)17-30-14-13-27(32)33/h4-12,15-16,28,30H,13-14,17-18H2,1-3H3,(H,32,33). The molecule has 5 nitrogen and oxygen atoms in total. The van der Waals surface area contributed by atoms with Gasteiger partial charge in [0.15, 0.2) is 0 Å². The Morgan fingerprint density at radius 3 is 2.49 bits per heavy atom. The van der Waals surface area contributed by atoms with E-state index in [4.69, 9.17) is 21.5 Å². The van der Waals surface area contributed by atoms with Crippen molar-refractivity contribution in [2.24, 2.45) is 5.16 Å². The van der Waals surface area contributed by atoms with Crippen LogP contribution in [0.4, 0.5) is 0 Å². The van der Waals surface area contributed by atoms with Gasteiger partial charge in [0.1, 0.15) is 6.61 Å². The van der Waals surface area contributed by atoms with E-state index >= 15 is 0 Å². The van der Waals surface area contributed by atoms with Crippen LogP contribution in [0.3, 0.4) is 0 Å². The Kier molecular flexibility index (Phi) is 10.2. The number of oxime groups is 1. The van der Waals surface area contributed by atoms with Crippen LogP contribution in [0.25, 0.3) is 0 Å². The summed E-state index contributed by atoms with van der Waals surface area (Å²) in [5, 5.41) is 16.9. The summed E-state index contributed by atoms with van der Waals surface area (Å²) >= 11 is 8.01. The molecule has 7 heteroatoms. The van der Waals surface area contributed by atoms with Crippen molar-refractivity contribution < 1.29 is 14.7 Å². The maximum Gasteiger partial charge on any atom is 0.304 e. The SMILES string of the molecule is CC(=NOCc1ccc(CNCCC(=O)O)cc1)C(Sc1ccc(C)c(C)c1)c1cccc(Cl)c1. The summed E-state index contributed by atoms with van der Waals surface area (Å²) in [7, 11) is 0. The smallest absolute Gasteiger partial charge is 0.304 e. The molecule has 2 N–H and O–H groups in total. The minimum Gasteiger partial charge on any atom is -0.481 e. The van der Waals surface area contributed by atoms with Crippen LogP contribution in [0.15, 0.2) is 76.8 Å². The number of nitrogens with zero attached hydrogens (tertiary/aromatic N) is 1.